The van der Waals surface area contributed by atoms with Crippen molar-refractivity contribution in [3.05, 3.63) is 0 Å². The number of piperidine rings is 1. The highest BCUT2D eigenvalue weighted by atomic mass is 16.4. The lowest BCUT2D eigenvalue weighted by molar-refractivity contribution is -0.914. The first kappa shape index (κ1) is 23.6. The number of aliphatic imine (C=N–C) groups is 1. The summed E-state index contributed by atoms with van der Waals surface area (Å²) in [5, 5.41) is 34.3. The van der Waals surface area contributed by atoms with E-state index in [2.05, 4.69) is 17.2 Å². The Morgan fingerprint density at radius 1 is 1.27 bits per heavy atom. The maximum Gasteiger partial charge on any atom is 0.171 e. The number of unbranched alkanes of at least 4 members (excludes halogenated alkanes) is 2. The summed E-state index contributed by atoms with van der Waals surface area (Å²) in [6, 6.07) is 1.10. The molecule has 0 radical (unpaired) electrons. The number of quaternary nitrogens is 1. The molecule has 0 aromatic carbocycles. The molecular formula is C23H41N3O4. The molecule has 0 bridgehead atoms. The number of carboxylic acid groups (broad SMARTS) is 1. The van der Waals surface area contributed by atoms with Crippen molar-refractivity contribution in [3.8, 4) is 0 Å². The van der Waals surface area contributed by atoms with Crippen LogP contribution in [0.25, 0.3) is 0 Å². The Hall–Kier alpha value is -1.02. The number of aliphatic hydroxyl groups is 2. The number of carboxylic acids is 1. The fraction of sp³-hybridized carbons (Fsp3) is 0.913. The van der Waals surface area contributed by atoms with Crippen molar-refractivity contribution in [2.75, 3.05) is 13.2 Å². The molecular weight excluding hydrogens is 382 g/mol. The van der Waals surface area contributed by atoms with Gasteiger partial charge in [0.05, 0.1) is 24.5 Å². The molecule has 7 heteroatoms. The highest BCUT2D eigenvalue weighted by Crippen LogP contribution is 2.36. The van der Waals surface area contributed by atoms with E-state index in [1.54, 1.807) is 0 Å². The van der Waals surface area contributed by atoms with Gasteiger partial charge in [-0.15, -0.1) is 0 Å². The zero-order valence-electron chi connectivity index (χ0n) is 18.5. The van der Waals surface area contributed by atoms with E-state index >= 15 is 0 Å². The Morgan fingerprint density at radius 3 is 2.70 bits per heavy atom. The number of carbonyl (C=O) groups excluding carboxylic acids is 1. The molecule has 2 heterocycles. The Balaban J connectivity index is 1.37. The van der Waals surface area contributed by atoms with Crippen LogP contribution in [0.15, 0.2) is 4.99 Å². The van der Waals surface area contributed by atoms with Crippen molar-refractivity contribution in [1.82, 2.24) is 5.32 Å². The largest absolute Gasteiger partial charge is 0.550 e. The summed E-state index contributed by atoms with van der Waals surface area (Å²) >= 11 is 0. The second kappa shape index (κ2) is 11.6. The molecule has 4 N–H and O–H groups in total. The SMILES string of the molecule is C[C@@H]1N[C@H](C2CCC(CCCCC[C@@H](O)CC(=O)[O-])CC2)[C@@H]([NH+]2CC=NC2)C[C@H]1O. The average Bonchev–Trinajstić information content (AvgIpc) is 3.24. The monoisotopic (exact) mass is 423 g/mol. The van der Waals surface area contributed by atoms with E-state index in [9.17, 15) is 20.1 Å². The third kappa shape index (κ3) is 6.74. The molecule has 172 valence electrons. The molecule has 3 aliphatic rings. The van der Waals surface area contributed by atoms with Crippen LogP contribution in [0.2, 0.25) is 0 Å². The molecule has 0 spiro atoms. The summed E-state index contributed by atoms with van der Waals surface area (Å²) < 4.78 is 0. The van der Waals surface area contributed by atoms with Gasteiger partial charge in [-0.3, -0.25) is 0 Å². The van der Waals surface area contributed by atoms with Gasteiger partial charge in [0.1, 0.15) is 12.6 Å². The lowest BCUT2D eigenvalue weighted by Gasteiger charge is -2.45. The van der Waals surface area contributed by atoms with Crippen molar-refractivity contribution < 1.29 is 25.0 Å². The third-order valence-corrected chi connectivity index (χ3v) is 7.71. The Morgan fingerprint density at radius 2 is 2.03 bits per heavy atom. The van der Waals surface area contributed by atoms with Gasteiger partial charge in [-0.1, -0.05) is 38.5 Å². The van der Waals surface area contributed by atoms with Crippen LogP contribution in [0.1, 0.15) is 77.6 Å². The smallest absolute Gasteiger partial charge is 0.171 e. The van der Waals surface area contributed by atoms with Crippen LogP contribution in [-0.2, 0) is 4.79 Å². The van der Waals surface area contributed by atoms with Gasteiger partial charge in [0, 0.05) is 24.9 Å². The van der Waals surface area contributed by atoms with Crippen LogP contribution in [0.3, 0.4) is 0 Å². The Labute approximate surface area is 180 Å². The summed E-state index contributed by atoms with van der Waals surface area (Å²) in [4.78, 5) is 16.4. The second-order valence-corrected chi connectivity index (χ2v) is 9.93. The summed E-state index contributed by atoms with van der Waals surface area (Å²) in [7, 11) is 0. The Bertz CT molecular complexity index is 557. The third-order valence-electron chi connectivity index (χ3n) is 7.71. The van der Waals surface area contributed by atoms with Gasteiger partial charge in [0.15, 0.2) is 6.67 Å². The number of hydrogen-bond acceptors (Lipinski definition) is 6. The van der Waals surface area contributed by atoms with Crippen LogP contribution < -0.4 is 15.3 Å². The standard InChI is InChI=1S/C23H41N3O4/c1-16-21(28)14-20(26-12-11-24-15-26)23(25-16)18-9-7-17(8-10-18)5-3-2-4-6-19(27)13-22(29)30/h11,16-21,23,25,27-28H,2-10,12-15H2,1H3,(H,29,30)/t16-,17?,18?,19+,20-,21+,23+/m0/s1. The highest BCUT2D eigenvalue weighted by molar-refractivity contribution is 5.64. The van der Waals surface area contributed by atoms with Crippen LogP contribution in [-0.4, -0.2) is 65.9 Å². The molecule has 2 aliphatic heterocycles. The minimum Gasteiger partial charge on any atom is -0.550 e. The van der Waals surface area contributed by atoms with Gasteiger partial charge in [-0.05, 0) is 38.0 Å². The van der Waals surface area contributed by atoms with E-state index < -0.39 is 12.1 Å². The number of hydrogen-bond donors (Lipinski definition) is 4. The topological polar surface area (TPSA) is 109 Å². The number of rotatable bonds is 10. The van der Waals surface area contributed by atoms with Crippen LogP contribution >= 0.6 is 0 Å². The minimum atomic E-state index is -1.17. The molecule has 30 heavy (non-hydrogen) atoms. The minimum absolute atomic E-state index is 0.166. The van der Waals surface area contributed by atoms with Gasteiger partial charge >= 0.3 is 0 Å². The second-order valence-electron chi connectivity index (χ2n) is 9.93. The predicted octanol–water partition coefficient (Wildman–Crippen LogP) is -0.349. The number of carbonyl (C=O) groups is 1. The van der Waals surface area contributed by atoms with Crippen molar-refractivity contribution in [1.29, 1.82) is 0 Å². The van der Waals surface area contributed by atoms with E-state index in [4.69, 9.17) is 0 Å². The highest BCUT2D eigenvalue weighted by Gasteiger charge is 2.44. The molecule has 2 fully saturated rings. The van der Waals surface area contributed by atoms with E-state index in [0.29, 0.717) is 24.4 Å². The summed E-state index contributed by atoms with van der Waals surface area (Å²) in [5.41, 5.74) is 0. The van der Waals surface area contributed by atoms with Crippen molar-refractivity contribution in [3.63, 3.8) is 0 Å². The van der Waals surface area contributed by atoms with Gasteiger partial charge < -0.3 is 30.3 Å². The van der Waals surface area contributed by atoms with Crippen molar-refractivity contribution in [2.45, 2.75) is 108 Å². The molecule has 1 saturated heterocycles. The quantitative estimate of drug-likeness (QED) is 0.359. The van der Waals surface area contributed by atoms with Gasteiger partial charge in [0.25, 0.3) is 0 Å². The maximum absolute atomic E-state index is 10.5. The summed E-state index contributed by atoms with van der Waals surface area (Å²) in [5.74, 6) is 0.313. The van der Waals surface area contributed by atoms with Crippen molar-refractivity contribution >= 4 is 12.2 Å². The molecule has 0 amide bonds. The fourth-order valence-electron chi connectivity index (χ4n) is 5.84. The summed E-state index contributed by atoms with van der Waals surface area (Å²) in [6.45, 7) is 3.94. The Kier molecular flexibility index (Phi) is 9.11. The molecule has 6 atom stereocenters. The van der Waals surface area contributed by atoms with Crippen LogP contribution in [0, 0.1) is 11.8 Å². The lowest BCUT2D eigenvalue weighted by Crippen LogP contribution is -3.17. The number of aliphatic hydroxyl groups excluding tert-OH is 2. The maximum atomic E-state index is 10.5. The van der Waals surface area contributed by atoms with E-state index in [1.165, 1.54) is 37.0 Å². The van der Waals surface area contributed by atoms with Gasteiger partial charge in [-0.2, -0.15) is 0 Å². The van der Waals surface area contributed by atoms with Gasteiger partial charge in [0.2, 0.25) is 0 Å². The molecule has 3 rings (SSSR count). The summed E-state index contributed by atoms with van der Waals surface area (Å²) in [6.07, 6.45) is 11.6. The lowest BCUT2D eigenvalue weighted by atomic mass is 9.72. The molecule has 1 aliphatic carbocycles. The van der Waals surface area contributed by atoms with E-state index in [1.807, 2.05) is 6.21 Å². The average molecular weight is 424 g/mol. The first-order chi connectivity index (χ1) is 14.4. The van der Waals surface area contributed by atoms with E-state index in [0.717, 1.165) is 44.8 Å². The number of nitrogens with zero attached hydrogens (tertiary/aromatic N) is 1. The van der Waals surface area contributed by atoms with E-state index in [-0.39, 0.29) is 18.6 Å². The van der Waals surface area contributed by atoms with Crippen molar-refractivity contribution in [2.24, 2.45) is 16.8 Å². The fourth-order valence-corrected chi connectivity index (χ4v) is 5.84. The first-order valence-electron chi connectivity index (χ1n) is 12.1. The predicted molar refractivity (Wildman–Crippen MR) is 114 cm³/mol. The number of aliphatic carboxylic acids is 1. The normalized spacial score (nSPS) is 37.9. The van der Waals surface area contributed by atoms with Gasteiger partial charge in [-0.25, -0.2) is 4.99 Å². The molecule has 1 saturated carbocycles. The van der Waals surface area contributed by atoms with Crippen LogP contribution in [0.5, 0.6) is 0 Å². The molecule has 7 nitrogen and oxygen atoms in total. The van der Waals surface area contributed by atoms with Crippen LogP contribution in [0.4, 0.5) is 0 Å². The first-order valence-corrected chi connectivity index (χ1v) is 12.1. The molecule has 0 aromatic rings. The number of nitrogens with one attached hydrogen (secondary N) is 2. The zero-order chi connectivity index (χ0) is 21.5. The zero-order valence-corrected chi connectivity index (χ0v) is 18.5. The molecule has 1 unspecified atom stereocenters. The molecule has 0 aromatic heterocycles.